The van der Waals surface area contributed by atoms with Crippen molar-refractivity contribution in [3.63, 3.8) is 0 Å². The molecule has 10 heteroatoms. The van der Waals surface area contributed by atoms with Crippen molar-refractivity contribution in [1.29, 1.82) is 0 Å². The zero-order valence-electron chi connectivity index (χ0n) is 40.6. The van der Waals surface area contributed by atoms with Gasteiger partial charge in [0, 0.05) is 0 Å². The Morgan fingerprint density at radius 1 is 0.188 bits per heavy atom. The van der Waals surface area contributed by atoms with Gasteiger partial charge in [0.1, 0.15) is 0 Å². The molecule has 0 amide bonds. The number of hydrogen-bond acceptors (Lipinski definition) is 3. The van der Waals surface area contributed by atoms with Gasteiger partial charge < -0.3 is 0 Å². The average Bonchev–Trinajstić information content (AvgIpc) is 3.23. The van der Waals surface area contributed by atoms with Gasteiger partial charge in [-0.2, -0.15) is 0 Å². The summed E-state index contributed by atoms with van der Waals surface area (Å²) in [6, 6.07) is 15.9. The van der Waals surface area contributed by atoms with Crippen molar-refractivity contribution in [2.45, 2.75) is 109 Å². The summed E-state index contributed by atoms with van der Waals surface area (Å²) in [6.07, 6.45) is 39.8. The third-order valence-corrected chi connectivity index (χ3v) is 88.8. The van der Waals surface area contributed by atoms with Crippen LogP contribution in [0.5, 0.6) is 0 Å². The molecule has 350 valence electrons. The normalized spacial score (nSPS) is 12.4. The summed E-state index contributed by atoms with van der Waals surface area (Å²) in [7, 11) is -16.6. The van der Waals surface area contributed by atoms with Crippen molar-refractivity contribution < 1.29 is 0 Å². The van der Waals surface area contributed by atoms with Crippen LogP contribution >= 0.6 is 0 Å². The summed E-state index contributed by atoms with van der Waals surface area (Å²) < 4.78 is 10.3. The maximum absolute atomic E-state index is 4.58. The summed E-state index contributed by atoms with van der Waals surface area (Å²) in [5.74, 6) is 0. The van der Waals surface area contributed by atoms with Crippen LogP contribution in [0.4, 0.5) is 0 Å². The molecule has 0 aromatic carbocycles. The van der Waals surface area contributed by atoms with E-state index in [1.807, 2.05) is 0 Å². The van der Waals surface area contributed by atoms with Gasteiger partial charge in [-0.05, 0) is 0 Å². The fraction of sp³-hybridized carbons (Fsp3) is 0.333. The third kappa shape index (κ3) is 14.7. The third-order valence-electron chi connectivity index (χ3n) is 12.7. The van der Waals surface area contributed by atoms with E-state index >= 15 is 0 Å². The summed E-state index contributed by atoms with van der Waals surface area (Å²) in [4.78, 5) is 0. The molecular formula is C54H90BiN3Si6. The van der Waals surface area contributed by atoms with E-state index in [4.69, 9.17) is 0 Å². The first kappa shape index (κ1) is 61.4. The van der Waals surface area contributed by atoms with Gasteiger partial charge in [0.25, 0.3) is 0 Å². The fourth-order valence-corrected chi connectivity index (χ4v) is 110. The van der Waals surface area contributed by atoms with Crippen LogP contribution in [-0.2, 0) is 0 Å². The molecule has 0 atom stereocenters. The molecule has 3 nitrogen and oxygen atoms in total. The first-order chi connectivity index (χ1) is 30.8. The van der Waals surface area contributed by atoms with Gasteiger partial charge in [-0.3, -0.25) is 0 Å². The molecule has 0 bridgehead atoms. The van der Waals surface area contributed by atoms with Crippen LogP contribution in [0.1, 0.15) is 0 Å². The van der Waals surface area contributed by atoms with Crippen LogP contribution in [0.15, 0.2) is 228 Å². The van der Waals surface area contributed by atoms with Gasteiger partial charge >= 0.3 is 415 Å². The van der Waals surface area contributed by atoms with Gasteiger partial charge in [-0.1, -0.05) is 0 Å². The molecule has 0 heterocycles. The van der Waals surface area contributed by atoms with E-state index in [0.717, 1.165) is 109 Å². The molecule has 0 unspecified atom stereocenters. The van der Waals surface area contributed by atoms with Gasteiger partial charge in [-0.15, -0.1) is 0 Å². The Labute approximate surface area is 411 Å². The summed E-state index contributed by atoms with van der Waals surface area (Å²) in [5.41, 5.74) is 0. The Hall–Kier alpha value is -2.62. The molecule has 0 aliphatic carbocycles. The maximum atomic E-state index is 4.58. The standard InChI is InChI=1S/3C18H30NSi2.Bi/c3*1-7-13-20(14-8-2,15-9-3)19-21(16-10-4,17-11-5)18-12-6;/h3*7-12H,1-6,13-18H2;/q3*-1;+3. The van der Waals surface area contributed by atoms with Crippen molar-refractivity contribution >= 4 is 72.0 Å². The van der Waals surface area contributed by atoms with Crippen molar-refractivity contribution in [3.8, 4) is 0 Å². The van der Waals surface area contributed by atoms with Crippen LogP contribution in [0.25, 0.3) is 0 Å². The van der Waals surface area contributed by atoms with E-state index in [-0.39, 0.29) is 0 Å². The zero-order chi connectivity index (χ0) is 48.8. The van der Waals surface area contributed by atoms with Gasteiger partial charge in [0.05, 0.1) is 0 Å². The fourth-order valence-electron chi connectivity index (χ4n) is 10.8. The van der Waals surface area contributed by atoms with Crippen molar-refractivity contribution in [3.05, 3.63) is 228 Å². The monoisotopic (exact) mass is 1160 g/mol. The Balaban J connectivity index is 11.5. The molecule has 0 aromatic rings. The second kappa shape index (κ2) is 32.2. The molecule has 0 spiro atoms. The first-order valence-corrected chi connectivity index (χ1v) is 43.1. The second-order valence-corrected chi connectivity index (χ2v) is 59.4. The van der Waals surface area contributed by atoms with Crippen LogP contribution in [0.3, 0.4) is 0 Å². The molecule has 0 fully saturated rings. The predicted molar refractivity (Wildman–Crippen MR) is 316 cm³/mol. The summed E-state index contributed by atoms with van der Waals surface area (Å²) in [6.45, 7) is 82.4. The van der Waals surface area contributed by atoms with E-state index in [1.165, 1.54) is 0 Å². The molecule has 0 N–H and O–H groups in total. The Morgan fingerprint density at radius 2 is 0.266 bits per heavy atom. The summed E-state index contributed by atoms with van der Waals surface area (Å²) >= 11 is -4.12. The van der Waals surface area contributed by atoms with Crippen LogP contribution in [-0.4, -0.2) is 78.6 Å². The Morgan fingerprint density at radius 3 is 0.328 bits per heavy atom. The number of rotatable bonds is 45. The van der Waals surface area contributed by atoms with Crippen LogP contribution in [0, 0.1) is 0 Å². The molecule has 0 aliphatic rings. The van der Waals surface area contributed by atoms with E-state index in [0.29, 0.717) is 0 Å². The topological polar surface area (TPSA) is 9.72 Å². The Kier molecular flexibility index (Phi) is 30.8. The number of hydrogen-bond donors (Lipinski definition) is 0. The molecule has 0 rings (SSSR count). The molecule has 0 aromatic heterocycles. The van der Waals surface area contributed by atoms with E-state index in [9.17, 15) is 0 Å². The molecule has 64 heavy (non-hydrogen) atoms. The average molecular weight is 1160 g/mol. The molecule has 0 aliphatic heterocycles. The molecule has 0 radical (unpaired) electrons. The van der Waals surface area contributed by atoms with Crippen LogP contribution in [0.2, 0.25) is 109 Å². The van der Waals surface area contributed by atoms with Gasteiger partial charge in [0.2, 0.25) is 0 Å². The van der Waals surface area contributed by atoms with Gasteiger partial charge in [-0.25, -0.2) is 0 Å². The minimum absolute atomic E-state index is 0.883. The molecular weight excluding hydrogens is 1070 g/mol. The molecule has 0 saturated heterocycles. The second-order valence-electron chi connectivity index (χ2n) is 17.4. The van der Waals surface area contributed by atoms with Crippen LogP contribution < -0.4 is 0 Å². The van der Waals surface area contributed by atoms with Crippen molar-refractivity contribution in [1.82, 2.24) is 6.52 Å². The predicted octanol–water partition coefficient (Wildman–Crippen LogP) is 16.9. The van der Waals surface area contributed by atoms with E-state index < -0.39 is 72.0 Å². The summed E-state index contributed by atoms with van der Waals surface area (Å²) in [5, 5.41) is 0. The molecule has 0 saturated carbocycles. The zero-order valence-corrected chi connectivity index (χ0v) is 50.1. The SMILES string of the molecule is C=CC[Si](CC=C)(CC=C)[N]([Bi]([N]([Si](CC=C)(CC=C)CC=C)[Si](CC=C)(CC=C)CC=C)[N]([Si](CC=C)(CC=C)CC=C)[Si](CC=C)(CC=C)CC=C)[Si](CC=C)(CC=C)CC=C. The first-order valence-electron chi connectivity index (χ1n) is 23.0. The van der Waals surface area contributed by atoms with Gasteiger partial charge in [0.15, 0.2) is 0 Å². The Bertz CT molecular complexity index is 1200. The van der Waals surface area contributed by atoms with E-state index in [2.05, 4.69) is 234 Å². The number of nitrogens with zero attached hydrogens (tertiary/aromatic N) is 3. The number of allylic oxidation sites excluding steroid dienone is 18. The minimum atomic E-state index is -4.12. The quantitative estimate of drug-likeness (QED) is 0.0444. The van der Waals surface area contributed by atoms with E-state index in [1.54, 1.807) is 0 Å². The van der Waals surface area contributed by atoms with Crippen molar-refractivity contribution in [2.75, 3.05) is 0 Å². The van der Waals surface area contributed by atoms with Crippen molar-refractivity contribution in [2.24, 2.45) is 0 Å².